The van der Waals surface area contributed by atoms with Crippen LogP contribution in [0.2, 0.25) is 0 Å². The summed E-state index contributed by atoms with van der Waals surface area (Å²) >= 11 is 0. The van der Waals surface area contributed by atoms with Crippen molar-refractivity contribution in [2.24, 2.45) is 0 Å². The highest BCUT2D eigenvalue weighted by Gasteiger charge is 2.30. The van der Waals surface area contributed by atoms with Crippen LogP contribution in [0.5, 0.6) is 0 Å². The van der Waals surface area contributed by atoms with Crippen LogP contribution in [0.1, 0.15) is 39.0 Å². The Labute approximate surface area is 99.0 Å². The molecule has 1 rings (SSSR count). The van der Waals surface area contributed by atoms with Crippen LogP contribution < -0.4 is 0 Å². The van der Waals surface area contributed by atoms with Gasteiger partial charge in [0.2, 0.25) is 0 Å². The van der Waals surface area contributed by atoms with Crippen LogP contribution in [-0.4, -0.2) is 49.4 Å². The standard InChI is InChI=1S/C11H23NO3S/c1-2-3-7-12(8-4-5-9-12)10-6-11-16(13,14)15/h2-11H2,1H3. The first-order valence-electron chi connectivity index (χ1n) is 6.26. The van der Waals surface area contributed by atoms with Gasteiger partial charge in [-0.05, 0) is 6.42 Å². The van der Waals surface area contributed by atoms with Gasteiger partial charge in [-0.3, -0.25) is 0 Å². The summed E-state index contributed by atoms with van der Waals surface area (Å²) in [6.45, 7) is 6.52. The van der Waals surface area contributed by atoms with Crippen LogP contribution in [0.15, 0.2) is 0 Å². The average Bonchev–Trinajstić information content (AvgIpc) is 2.62. The van der Waals surface area contributed by atoms with Crippen LogP contribution >= 0.6 is 0 Å². The molecule has 0 N–H and O–H groups in total. The van der Waals surface area contributed by atoms with E-state index in [1.165, 1.54) is 38.8 Å². The van der Waals surface area contributed by atoms with Gasteiger partial charge in [-0.15, -0.1) is 0 Å². The molecule has 0 amide bonds. The summed E-state index contributed by atoms with van der Waals surface area (Å²) in [5, 5.41) is 0. The SMILES string of the molecule is CCCC[N+]1(CCCS(=O)(=O)[O-])CCCC1. The topological polar surface area (TPSA) is 57.2 Å². The van der Waals surface area contributed by atoms with Gasteiger partial charge in [0.25, 0.3) is 0 Å². The zero-order valence-corrected chi connectivity index (χ0v) is 11.0. The van der Waals surface area contributed by atoms with Gasteiger partial charge >= 0.3 is 0 Å². The second kappa shape index (κ2) is 5.98. The Morgan fingerprint density at radius 3 is 2.19 bits per heavy atom. The van der Waals surface area contributed by atoms with Gasteiger partial charge in [-0.1, -0.05) is 13.3 Å². The van der Waals surface area contributed by atoms with Gasteiger partial charge in [-0.2, -0.15) is 0 Å². The fourth-order valence-electron chi connectivity index (χ4n) is 2.64. The lowest BCUT2D eigenvalue weighted by Crippen LogP contribution is -2.47. The third-order valence-electron chi connectivity index (χ3n) is 3.53. The average molecular weight is 249 g/mol. The minimum absolute atomic E-state index is 0.195. The maximum atomic E-state index is 10.6. The smallest absolute Gasteiger partial charge is 0.0948 e. The van der Waals surface area contributed by atoms with E-state index in [4.69, 9.17) is 0 Å². The third-order valence-corrected chi connectivity index (χ3v) is 4.32. The molecule has 0 aliphatic carbocycles. The molecule has 0 radical (unpaired) electrons. The molecule has 5 heteroatoms. The van der Waals surface area contributed by atoms with Crippen LogP contribution in [0.25, 0.3) is 0 Å². The summed E-state index contributed by atoms with van der Waals surface area (Å²) in [6, 6.07) is 0. The van der Waals surface area contributed by atoms with Crippen LogP contribution in [0.4, 0.5) is 0 Å². The highest BCUT2D eigenvalue weighted by atomic mass is 32.2. The molecular weight excluding hydrogens is 226 g/mol. The molecule has 1 saturated heterocycles. The molecule has 0 bridgehead atoms. The van der Waals surface area contributed by atoms with Crippen molar-refractivity contribution in [3.05, 3.63) is 0 Å². The maximum Gasteiger partial charge on any atom is 0.0948 e. The fourth-order valence-corrected chi connectivity index (χ4v) is 3.12. The summed E-state index contributed by atoms with van der Waals surface area (Å²) in [7, 11) is -4.02. The lowest BCUT2D eigenvalue weighted by molar-refractivity contribution is -0.917. The molecule has 1 aliphatic rings. The fraction of sp³-hybridized carbons (Fsp3) is 1.00. The predicted octanol–water partition coefficient (Wildman–Crippen LogP) is 1.33. The maximum absolute atomic E-state index is 10.6. The predicted molar refractivity (Wildman–Crippen MR) is 63.1 cm³/mol. The van der Waals surface area contributed by atoms with Crippen molar-refractivity contribution in [1.29, 1.82) is 0 Å². The molecule has 1 heterocycles. The number of hydrogen-bond donors (Lipinski definition) is 0. The van der Waals surface area contributed by atoms with Crippen molar-refractivity contribution in [2.75, 3.05) is 31.9 Å². The normalized spacial score (nSPS) is 20.1. The number of unbranched alkanes of at least 4 members (excludes halogenated alkanes) is 1. The van der Waals surface area contributed by atoms with E-state index < -0.39 is 10.1 Å². The second-order valence-electron chi connectivity index (χ2n) is 4.91. The van der Waals surface area contributed by atoms with Crippen molar-refractivity contribution in [3.8, 4) is 0 Å². The van der Waals surface area contributed by atoms with Crippen molar-refractivity contribution in [3.63, 3.8) is 0 Å². The summed E-state index contributed by atoms with van der Waals surface area (Å²) in [6.07, 6.45) is 5.39. The van der Waals surface area contributed by atoms with E-state index >= 15 is 0 Å². The van der Waals surface area contributed by atoms with E-state index in [0.29, 0.717) is 6.42 Å². The lowest BCUT2D eigenvalue weighted by Gasteiger charge is -2.34. The summed E-state index contributed by atoms with van der Waals surface area (Å²) < 4.78 is 32.7. The van der Waals surface area contributed by atoms with Gasteiger partial charge in [0, 0.05) is 25.0 Å². The monoisotopic (exact) mass is 249 g/mol. The molecule has 0 unspecified atom stereocenters. The molecule has 16 heavy (non-hydrogen) atoms. The van der Waals surface area contributed by atoms with E-state index in [1.54, 1.807) is 0 Å². The molecular formula is C11H23NO3S. The molecule has 0 spiro atoms. The number of hydrogen-bond acceptors (Lipinski definition) is 3. The van der Waals surface area contributed by atoms with Crippen LogP contribution in [0.3, 0.4) is 0 Å². The Bertz CT molecular complexity index is 294. The van der Waals surface area contributed by atoms with E-state index in [0.717, 1.165) is 17.6 Å². The van der Waals surface area contributed by atoms with Crippen LogP contribution in [0, 0.1) is 0 Å². The van der Waals surface area contributed by atoms with E-state index in [-0.39, 0.29) is 5.75 Å². The highest BCUT2D eigenvalue weighted by Crippen LogP contribution is 2.21. The Morgan fingerprint density at radius 2 is 1.69 bits per heavy atom. The summed E-state index contributed by atoms with van der Waals surface area (Å²) in [5.41, 5.74) is 0. The second-order valence-corrected chi connectivity index (χ2v) is 6.44. The summed E-state index contributed by atoms with van der Waals surface area (Å²) in [4.78, 5) is 0. The number of nitrogens with zero attached hydrogens (tertiary/aromatic N) is 1. The molecule has 0 aromatic carbocycles. The number of quaternary nitrogens is 1. The van der Waals surface area contributed by atoms with Crippen LogP contribution in [-0.2, 0) is 10.1 Å². The van der Waals surface area contributed by atoms with Gasteiger partial charge in [0.15, 0.2) is 0 Å². The molecule has 0 atom stereocenters. The van der Waals surface area contributed by atoms with Gasteiger partial charge < -0.3 is 9.04 Å². The van der Waals surface area contributed by atoms with E-state index in [9.17, 15) is 13.0 Å². The van der Waals surface area contributed by atoms with Gasteiger partial charge in [0.1, 0.15) is 0 Å². The quantitative estimate of drug-likeness (QED) is 0.505. The minimum Gasteiger partial charge on any atom is -0.748 e. The first kappa shape index (κ1) is 13.9. The molecule has 1 aliphatic heterocycles. The van der Waals surface area contributed by atoms with E-state index in [2.05, 4.69) is 6.92 Å². The summed E-state index contributed by atoms with van der Waals surface area (Å²) in [5.74, 6) is -0.195. The van der Waals surface area contributed by atoms with E-state index in [1.807, 2.05) is 0 Å². The molecule has 0 saturated carbocycles. The zero-order valence-electron chi connectivity index (χ0n) is 10.2. The van der Waals surface area contributed by atoms with Gasteiger partial charge in [-0.25, -0.2) is 8.42 Å². The number of rotatable bonds is 7. The molecule has 0 aromatic rings. The van der Waals surface area contributed by atoms with Crippen molar-refractivity contribution < 1.29 is 17.5 Å². The zero-order chi connectivity index (χ0) is 12.1. The Balaban J connectivity index is 2.39. The number of likely N-dealkylation sites (tertiary alicyclic amines) is 1. The van der Waals surface area contributed by atoms with Crippen molar-refractivity contribution in [1.82, 2.24) is 0 Å². The highest BCUT2D eigenvalue weighted by molar-refractivity contribution is 7.85. The molecule has 1 fully saturated rings. The third kappa shape index (κ3) is 4.80. The van der Waals surface area contributed by atoms with Gasteiger partial charge in [0.05, 0.1) is 36.3 Å². The Kier molecular flexibility index (Phi) is 5.21. The van der Waals surface area contributed by atoms with Crippen molar-refractivity contribution >= 4 is 10.1 Å². The first-order chi connectivity index (χ1) is 7.47. The molecule has 96 valence electrons. The lowest BCUT2D eigenvalue weighted by atomic mass is 10.2. The molecule has 0 aromatic heterocycles. The van der Waals surface area contributed by atoms with Crippen molar-refractivity contribution in [2.45, 2.75) is 39.0 Å². The molecule has 4 nitrogen and oxygen atoms in total. The Hall–Kier alpha value is -0.130. The first-order valence-corrected chi connectivity index (χ1v) is 7.84. The Morgan fingerprint density at radius 1 is 1.12 bits per heavy atom. The largest absolute Gasteiger partial charge is 0.748 e. The minimum atomic E-state index is -4.02.